The molecule has 2 amide bonds. The van der Waals surface area contributed by atoms with Gasteiger partial charge in [0.2, 0.25) is 0 Å². The number of benzene rings is 2. The molecule has 5 heteroatoms. The summed E-state index contributed by atoms with van der Waals surface area (Å²) in [5.41, 5.74) is 6.48. The molecule has 0 aromatic heterocycles. The average Bonchev–Trinajstić information content (AvgIpc) is 2.68. The molecule has 1 aliphatic carbocycles. The van der Waals surface area contributed by atoms with Gasteiger partial charge in [-0.3, -0.25) is 9.59 Å². The molecule has 2 N–H and O–H groups in total. The Kier molecular flexibility index (Phi) is 6.95. The molecular weight excluding hydrogens is 350 g/mol. The number of anilines is 1. The lowest BCUT2D eigenvalue weighted by atomic mass is 9.99. The fourth-order valence-electron chi connectivity index (χ4n) is 3.35. The third-order valence-corrected chi connectivity index (χ3v) is 5.04. The van der Waals surface area contributed by atoms with Gasteiger partial charge in [0.15, 0.2) is 0 Å². The summed E-state index contributed by atoms with van der Waals surface area (Å²) in [5.74, 6) is -0.391. The minimum absolute atomic E-state index is 0.161. The van der Waals surface area contributed by atoms with E-state index in [1.807, 2.05) is 25.1 Å². The molecule has 2 aromatic carbocycles. The number of nitrogens with one attached hydrogen (secondary N) is 2. The quantitative estimate of drug-likeness (QED) is 0.730. The van der Waals surface area contributed by atoms with E-state index in [4.69, 9.17) is 0 Å². The van der Waals surface area contributed by atoms with Crippen LogP contribution in [-0.4, -0.2) is 17.5 Å². The van der Waals surface area contributed by atoms with Gasteiger partial charge in [-0.1, -0.05) is 37.5 Å². The molecule has 0 radical (unpaired) electrons. The number of nitrogens with zero attached hydrogens (tertiary/aromatic N) is 1. The zero-order valence-electron chi connectivity index (χ0n) is 16.3. The van der Waals surface area contributed by atoms with E-state index < -0.39 is 0 Å². The highest BCUT2D eigenvalue weighted by Crippen LogP contribution is 2.16. The smallest absolute Gasteiger partial charge is 0.271 e. The van der Waals surface area contributed by atoms with Crippen LogP contribution in [-0.2, 0) is 0 Å². The fraction of sp³-hybridized carbons (Fsp3) is 0.348. The molecule has 28 heavy (non-hydrogen) atoms. The van der Waals surface area contributed by atoms with E-state index in [2.05, 4.69) is 15.8 Å². The van der Waals surface area contributed by atoms with Gasteiger partial charge in [-0.05, 0) is 68.5 Å². The van der Waals surface area contributed by atoms with Crippen LogP contribution in [0.1, 0.15) is 71.2 Å². The molecule has 0 aliphatic heterocycles. The molecule has 1 saturated carbocycles. The second kappa shape index (κ2) is 9.83. The normalized spacial score (nSPS) is 14.5. The van der Waals surface area contributed by atoms with Crippen molar-refractivity contribution in [1.29, 1.82) is 0 Å². The number of aryl methyl sites for hydroxylation is 1. The second-order valence-corrected chi connectivity index (χ2v) is 7.23. The van der Waals surface area contributed by atoms with Gasteiger partial charge in [0.25, 0.3) is 11.8 Å². The van der Waals surface area contributed by atoms with Crippen LogP contribution in [0.15, 0.2) is 53.6 Å². The van der Waals surface area contributed by atoms with Gasteiger partial charge < -0.3 is 5.32 Å². The average molecular weight is 377 g/mol. The molecule has 0 unspecified atom stereocenters. The van der Waals surface area contributed by atoms with Crippen molar-refractivity contribution in [1.82, 2.24) is 5.43 Å². The molecule has 0 saturated heterocycles. The van der Waals surface area contributed by atoms with E-state index in [0.717, 1.165) is 37.0 Å². The van der Waals surface area contributed by atoms with Gasteiger partial charge in [-0.15, -0.1) is 0 Å². The SMILES string of the molecule is Cc1ccccc1C(=O)Nc1ccc(C(=O)NN=C2CCCCCCC2)cc1. The molecule has 0 bridgehead atoms. The maximum absolute atomic E-state index is 12.4. The minimum atomic E-state index is -0.230. The predicted octanol–water partition coefficient (Wildman–Crippen LogP) is 5.08. The monoisotopic (exact) mass is 377 g/mol. The molecule has 0 heterocycles. The Balaban J connectivity index is 1.58. The van der Waals surface area contributed by atoms with Crippen molar-refractivity contribution in [2.75, 3.05) is 5.32 Å². The molecule has 2 aromatic rings. The van der Waals surface area contributed by atoms with Gasteiger partial charge in [0.1, 0.15) is 0 Å². The summed E-state index contributed by atoms with van der Waals surface area (Å²) in [6.07, 6.45) is 7.99. The van der Waals surface area contributed by atoms with Gasteiger partial charge in [0.05, 0.1) is 0 Å². The Labute approximate surface area is 166 Å². The third-order valence-electron chi connectivity index (χ3n) is 5.04. The topological polar surface area (TPSA) is 70.6 Å². The number of hydrogen-bond donors (Lipinski definition) is 2. The van der Waals surface area contributed by atoms with E-state index in [9.17, 15) is 9.59 Å². The number of rotatable bonds is 4. The van der Waals surface area contributed by atoms with E-state index >= 15 is 0 Å². The van der Waals surface area contributed by atoms with Crippen molar-refractivity contribution < 1.29 is 9.59 Å². The van der Waals surface area contributed by atoms with Crippen LogP contribution in [0.5, 0.6) is 0 Å². The Morgan fingerprint density at radius 2 is 1.46 bits per heavy atom. The molecule has 5 nitrogen and oxygen atoms in total. The molecule has 0 spiro atoms. The van der Waals surface area contributed by atoms with E-state index in [1.54, 1.807) is 30.3 Å². The second-order valence-electron chi connectivity index (χ2n) is 7.23. The summed E-state index contributed by atoms with van der Waals surface area (Å²) in [6.45, 7) is 1.90. The van der Waals surface area contributed by atoms with Gasteiger partial charge in [-0.25, -0.2) is 5.43 Å². The number of carbonyl (C=O) groups excluding carboxylic acids is 2. The fourth-order valence-corrected chi connectivity index (χ4v) is 3.35. The summed E-state index contributed by atoms with van der Waals surface area (Å²) in [4.78, 5) is 24.7. The maximum atomic E-state index is 12.4. The number of carbonyl (C=O) groups is 2. The summed E-state index contributed by atoms with van der Waals surface area (Å²) in [7, 11) is 0. The molecule has 146 valence electrons. The van der Waals surface area contributed by atoms with Crippen molar-refractivity contribution in [2.24, 2.45) is 5.10 Å². The highest BCUT2D eigenvalue weighted by molar-refractivity contribution is 6.05. The Morgan fingerprint density at radius 1 is 0.821 bits per heavy atom. The molecule has 0 atom stereocenters. The van der Waals surface area contributed by atoms with Crippen LogP contribution < -0.4 is 10.7 Å². The van der Waals surface area contributed by atoms with Crippen molar-refractivity contribution in [3.05, 3.63) is 65.2 Å². The summed E-state index contributed by atoms with van der Waals surface area (Å²) < 4.78 is 0. The number of hydrogen-bond acceptors (Lipinski definition) is 3. The van der Waals surface area contributed by atoms with Crippen molar-refractivity contribution >= 4 is 23.2 Å². The first-order chi connectivity index (χ1) is 13.6. The van der Waals surface area contributed by atoms with Crippen LogP contribution in [0.25, 0.3) is 0 Å². The summed E-state index contributed by atoms with van der Waals surface area (Å²) in [6, 6.07) is 14.3. The number of amides is 2. The van der Waals surface area contributed by atoms with Crippen molar-refractivity contribution in [2.45, 2.75) is 51.9 Å². The van der Waals surface area contributed by atoms with Crippen LogP contribution in [0.2, 0.25) is 0 Å². The predicted molar refractivity (Wildman–Crippen MR) is 113 cm³/mol. The van der Waals surface area contributed by atoms with E-state index in [1.165, 1.54) is 19.3 Å². The first-order valence-electron chi connectivity index (χ1n) is 9.96. The third kappa shape index (κ3) is 5.52. The van der Waals surface area contributed by atoms with Gasteiger partial charge >= 0.3 is 0 Å². The zero-order valence-corrected chi connectivity index (χ0v) is 16.3. The lowest BCUT2D eigenvalue weighted by molar-refractivity contribution is 0.0954. The van der Waals surface area contributed by atoms with Crippen molar-refractivity contribution in [3.8, 4) is 0 Å². The van der Waals surface area contributed by atoms with Crippen LogP contribution in [0, 0.1) is 6.92 Å². The maximum Gasteiger partial charge on any atom is 0.271 e. The van der Waals surface area contributed by atoms with Gasteiger partial charge in [0, 0.05) is 22.5 Å². The standard InChI is InChI=1S/C23H27N3O2/c1-17-9-7-8-12-21(17)23(28)24-19-15-13-18(14-16-19)22(27)26-25-20-10-5-3-2-4-6-11-20/h7-9,12-16H,2-6,10-11H2,1H3,(H,24,28)(H,26,27). The first kappa shape index (κ1) is 19.8. The largest absolute Gasteiger partial charge is 0.322 e. The molecule has 3 rings (SSSR count). The number of hydrazone groups is 1. The zero-order chi connectivity index (χ0) is 19.8. The molecule has 1 aliphatic rings. The van der Waals surface area contributed by atoms with E-state index in [0.29, 0.717) is 16.8 Å². The summed E-state index contributed by atoms with van der Waals surface area (Å²) in [5, 5.41) is 7.19. The highest BCUT2D eigenvalue weighted by atomic mass is 16.2. The Bertz CT molecular complexity index is 846. The van der Waals surface area contributed by atoms with Crippen LogP contribution >= 0.6 is 0 Å². The lowest BCUT2D eigenvalue weighted by Crippen LogP contribution is -2.20. The minimum Gasteiger partial charge on any atom is -0.322 e. The molecular formula is C23H27N3O2. The van der Waals surface area contributed by atoms with Crippen molar-refractivity contribution in [3.63, 3.8) is 0 Å². The highest BCUT2D eigenvalue weighted by Gasteiger charge is 2.10. The van der Waals surface area contributed by atoms with Crippen LogP contribution in [0.3, 0.4) is 0 Å². The van der Waals surface area contributed by atoms with Gasteiger partial charge in [-0.2, -0.15) is 5.10 Å². The van der Waals surface area contributed by atoms with E-state index in [-0.39, 0.29) is 11.8 Å². The first-order valence-corrected chi connectivity index (χ1v) is 9.96. The van der Waals surface area contributed by atoms with Crippen LogP contribution in [0.4, 0.5) is 5.69 Å². The summed E-state index contributed by atoms with van der Waals surface area (Å²) >= 11 is 0. The lowest BCUT2D eigenvalue weighted by Gasteiger charge is -2.11. The Hall–Kier alpha value is -2.95. The Morgan fingerprint density at radius 3 is 2.14 bits per heavy atom. The molecule has 1 fully saturated rings.